The molecule has 0 saturated heterocycles. The Morgan fingerprint density at radius 3 is 1.57 bits per heavy atom. The van der Waals surface area contributed by atoms with Gasteiger partial charge in [-0.3, -0.25) is 9.59 Å². The summed E-state index contributed by atoms with van der Waals surface area (Å²) in [6, 6.07) is 0. The van der Waals surface area contributed by atoms with Crippen molar-refractivity contribution in [3.63, 3.8) is 0 Å². The van der Waals surface area contributed by atoms with E-state index >= 15 is 0 Å². The normalized spacial score (nSPS) is 11.5. The van der Waals surface area contributed by atoms with Crippen molar-refractivity contribution in [3.05, 3.63) is 0 Å². The minimum absolute atomic E-state index is 0.0421. The molecule has 0 atom stereocenters. The zero-order valence-corrected chi connectivity index (χ0v) is 28.3. The van der Waals surface area contributed by atoms with Gasteiger partial charge >= 0.3 is 11.9 Å². The van der Waals surface area contributed by atoms with E-state index in [-0.39, 0.29) is 24.6 Å². The zero-order chi connectivity index (χ0) is 30.9. The topological polar surface area (TPSA) is 76.1 Å². The average Bonchev–Trinajstić information content (AvgIpc) is 2.98. The first kappa shape index (κ1) is 40.9. The smallest absolute Gasteiger partial charge is 0.306 e. The molecular weight excluding hydrogens is 526 g/mol. The molecule has 0 amide bonds. The first-order valence-corrected chi connectivity index (χ1v) is 18.3. The first-order valence-electron chi connectivity index (χ1n) is 18.3. The molecule has 0 aromatic carbocycles. The number of carbonyl (C=O) groups excluding carboxylic acids is 2. The van der Waals surface area contributed by atoms with Gasteiger partial charge in [-0.25, -0.2) is 0 Å². The van der Waals surface area contributed by atoms with Gasteiger partial charge in [-0.05, 0) is 64.5 Å². The first-order chi connectivity index (χ1) is 20.6. The van der Waals surface area contributed by atoms with Crippen molar-refractivity contribution >= 4 is 11.9 Å². The predicted molar refractivity (Wildman–Crippen MR) is 177 cm³/mol. The molecule has 0 aromatic rings. The Hall–Kier alpha value is -1.14. The lowest BCUT2D eigenvalue weighted by molar-refractivity contribution is -0.150. The van der Waals surface area contributed by atoms with Crippen molar-refractivity contribution in [3.8, 4) is 0 Å². The number of hydrogen-bond acceptors (Lipinski definition) is 6. The fourth-order valence-corrected chi connectivity index (χ4v) is 5.51. The fourth-order valence-electron chi connectivity index (χ4n) is 5.51. The van der Waals surface area contributed by atoms with E-state index < -0.39 is 0 Å². The van der Waals surface area contributed by atoms with E-state index in [4.69, 9.17) is 9.47 Å². The van der Waals surface area contributed by atoms with Crippen LogP contribution in [0.3, 0.4) is 0 Å². The maximum atomic E-state index is 12.7. The molecule has 0 saturated carbocycles. The second-order valence-electron chi connectivity index (χ2n) is 12.3. The Kier molecular flexibility index (Phi) is 31.9. The number of nitrogens with zero attached hydrogens (tertiary/aromatic N) is 1. The SMILES string of the molecule is CCCCCCCCC(CCCCCCCC)OC(=O)CCCN(CCO)CCCCCCCCCC(=O)OCCC. The van der Waals surface area contributed by atoms with Gasteiger partial charge in [-0.15, -0.1) is 0 Å². The van der Waals surface area contributed by atoms with Gasteiger partial charge in [0.2, 0.25) is 0 Å². The largest absolute Gasteiger partial charge is 0.466 e. The summed E-state index contributed by atoms with van der Waals surface area (Å²) in [5.74, 6) is -0.102. The van der Waals surface area contributed by atoms with E-state index in [0.29, 0.717) is 26.0 Å². The molecule has 0 aliphatic rings. The monoisotopic (exact) mass is 598 g/mol. The van der Waals surface area contributed by atoms with Crippen molar-refractivity contribution in [2.75, 3.05) is 32.8 Å². The second-order valence-corrected chi connectivity index (χ2v) is 12.3. The molecule has 1 N–H and O–H groups in total. The molecular formula is C36H71NO5. The van der Waals surface area contributed by atoms with Crippen molar-refractivity contribution in [1.82, 2.24) is 4.90 Å². The summed E-state index contributed by atoms with van der Waals surface area (Å²) in [5.41, 5.74) is 0. The van der Waals surface area contributed by atoms with Crippen LogP contribution in [0.1, 0.15) is 181 Å². The molecule has 0 bridgehead atoms. The van der Waals surface area contributed by atoms with Crippen LogP contribution in [-0.2, 0) is 19.1 Å². The molecule has 0 fully saturated rings. The van der Waals surface area contributed by atoms with E-state index in [1.165, 1.54) is 89.9 Å². The average molecular weight is 598 g/mol. The lowest BCUT2D eigenvalue weighted by atomic mass is 10.0. The van der Waals surface area contributed by atoms with Crippen LogP contribution in [0.5, 0.6) is 0 Å². The summed E-state index contributed by atoms with van der Waals surface area (Å²) in [5, 5.41) is 9.51. The Bertz CT molecular complexity index is 569. The number of rotatable bonds is 33. The third-order valence-corrected chi connectivity index (χ3v) is 8.15. The molecule has 250 valence electrons. The van der Waals surface area contributed by atoms with Crippen LogP contribution in [0.2, 0.25) is 0 Å². The molecule has 6 heteroatoms. The summed E-state index contributed by atoms with van der Waals surface area (Å²) in [4.78, 5) is 26.5. The van der Waals surface area contributed by atoms with Crippen molar-refractivity contribution in [1.29, 1.82) is 0 Å². The highest BCUT2D eigenvalue weighted by molar-refractivity contribution is 5.69. The number of aliphatic hydroxyl groups is 1. The van der Waals surface area contributed by atoms with E-state index in [9.17, 15) is 14.7 Å². The predicted octanol–water partition coefficient (Wildman–Crippen LogP) is 9.55. The molecule has 0 unspecified atom stereocenters. The molecule has 0 aromatic heterocycles. The number of aliphatic hydroxyl groups excluding tert-OH is 1. The highest BCUT2D eigenvalue weighted by Gasteiger charge is 2.15. The van der Waals surface area contributed by atoms with Gasteiger partial charge in [0, 0.05) is 19.4 Å². The number of esters is 2. The van der Waals surface area contributed by atoms with Gasteiger partial charge in [-0.1, -0.05) is 117 Å². The van der Waals surface area contributed by atoms with Gasteiger partial charge in [0.25, 0.3) is 0 Å². The van der Waals surface area contributed by atoms with E-state index in [2.05, 4.69) is 18.7 Å². The molecule has 6 nitrogen and oxygen atoms in total. The van der Waals surface area contributed by atoms with Crippen LogP contribution in [0.15, 0.2) is 0 Å². The Morgan fingerprint density at radius 1 is 0.548 bits per heavy atom. The summed E-state index contributed by atoms with van der Waals surface area (Å²) in [6.07, 6.45) is 27.9. The maximum Gasteiger partial charge on any atom is 0.306 e. The molecule has 0 aliphatic heterocycles. The van der Waals surface area contributed by atoms with E-state index in [1.54, 1.807) is 0 Å². The zero-order valence-electron chi connectivity index (χ0n) is 28.3. The van der Waals surface area contributed by atoms with Gasteiger partial charge < -0.3 is 19.5 Å². The molecule has 0 aliphatic carbocycles. The molecule has 0 rings (SSSR count). The van der Waals surface area contributed by atoms with Crippen LogP contribution in [0.25, 0.3) is 0 Å². The maximum absolute atomic E-state index is 12.7. The third-order valence-electron chi connectivity index (χ3n) is 8.15. The quantitative estimate of drug-likeness (QED) is 0.0600. The minimum atomic E-state index is -0.0600. The van der Waals surface area contributed by atoms with E-state index in [1.807, 2.05) is 6.92 Å². The summed E-state index contributed by atoms with van der Waals surface area (Å²) in [7, 11) is 0. The second kappa shape index (κ2) is 32.8. The lowest BCUT2D eigenvalue weighted by Crippen LogP contribution is -2.29. The van der Waals surface area contributed by atoms with Gasteiger partial charge in [-0.2, -0.15) is 0 Å². The highest BCUT2D eigenvalue weighted by Crippen LogP contribution is 2.18. The molecule has 0 spiro atoms. The number of unbranched alkanes of at least 4 members (excludes halogenated alkanes) is 16. The van der Waals surface area contributed by atoms with E-state index in [0.717, 1.165) is 70.9 Å². The highest BCUT2D eigenvalue weighted by atomic mass is 16.5. The lowest BCUT2D eigenvalue weighted by Gasteiger charge is -2.22. The minimum Gasteiger partial charge on any atom is -0.466 e. The van der Waals surface area contributed by atoms with Crippen molar-refractivity contribution in [2.45, 2.75) is 187 Å². The fraction of sp³-hybridized carbons (Fsp3) is 0.944. The number of ether oxygens (including phenoxy) is 2. The van der Waals surface area contributed by atoms with Gasteiger partial charge in [0.05, 0.1) is 13.2 Å². The Balaban J connectivity index is 4.15. The molecule has 0 radical (unpaired) electrons. The van der Waals surface area contributed by atoms with Crippen LogP contribution in [-0.4, -0.2) is 60.9 Å². The van der Waals surface area contributed by atoms with Crippen molar-refractivity contribution in [2.24, 2.45) is 0 Å². The van der Waals surface area contributed by atoms with Gasteiger partial charge in [0.15, 0.2) is 0 Å². The third kappa shape index (κ3) is 29.0. The standard InChI is InChI=1S/C36H71NO5/c1-4-7-9-11-16-20-25-34(26-21-17-12-10-8-5-2)42-36(40)28-24-30-37(31-32-38)29-23-19-15-13-14-18-22-27-35(39)41-33-6-3/h34,38H,4-33H2,1-3H3. The van der Waals surface area contributed by atoms with Crippen LogP contribution in [0.4, 0.5) is 0 Å². The number of carbonyl (C=O) groups is 2. The summed E-state index contributed by atoms with van der Waals surface area (Å²) >= 11 is 0. The Labute approximate surface area is 261 Å². The Morgan fingerprint density at radius 2 is 1.02 bits per heavy atom. The van der Waals surface area contributed by atoms with Crippen molar-refractivity contribution < 1.29 is 24.2 Å². The van der Waals surface area contributed by atoms with Crippen LogP contribution < -0.4 is 0 Å². The number of hydrogen-bond donors (Lipinski definition) is 1. The molecule has 42 heavy (non-hydrogen) atoms. The van der Waals surface area contributed by atoms with Crippen LogP contribution in [0, 0.1) is 0 Å². The summed E-state index contributed by atoms with van der Waals surface area (Å²) in [6.45, 7) is 9.68. The van der Waals surface area contributed by atoms with Gasteiger partial charge in [0.1, 0.15) is 6.10 Å². The summed E-state index contributed by atoms with van der Waals surface area (Å²) < 4.78 is 11.1. The van der Waals surface area contributed by atoms with Crippen LogP contribution >= 0.6 is 0 Å². The molecule has 0 heterocycles.